The molecule has 0 bridgehead atoms. The summed E-state index contributed by atoms with van der Waals surface area (Å²) in [6.07, 6.45) is -9.37. The van der Waals surface area contributed by atoms with E-state index in [1.165, 1.54) is 23.7 Å². The van der Waals surface area contributed by atoms with Gasteiger partial charge in [-0.1, -0.05) is 23.7 Å². The fourth-order valence-corrected chi connectivity index (χ4v) is 3.63. The van der Waals surface area contributed by atoms with Crippen LogP contribution in [-0.4, -0.2) is 25.5 Å². The lowest BCUT2D eigenvalue weighted by molar-refractivity contribution is -0.141. The van der Waals surface area contributed by atoms with Crippen LogP contribution < -0.4 is 5.32 Å². The predicted molar refractivity (Wildman–Crippen MR) is 112 cm³/mol. The maximum Gasteiger partial charge on any atom is 0.436 e. The number of nitrogens with zero attached hydrogens (tertiary/aromatic N) is 4. The Labute approximate surface area is 195 Å². The first-order chi connectivity index (χ1) is 15.7. The predicted octanol–water partition coefficient (Wildman–Crippen LogP) is 5.77. The number of hydrogen-bond acceptors (Lipinski definition) is 3. The summed E-state index contributed by atoms with van der Waals surface area (Å²) in [5.41, 5.74) is -0.190. The molecule has 0 atom stereocenters. The van der Waals surface area contributed by atoms with Crippen molar-refractivity contribution in [3.05, 3.63) is 63.2 Å². The molecule has 0 radical (unpaired) electrons. The number of aryl methyl sites for hydroxylation is 2. The number of carbonyl (C=O) groups is 1. The van der Waals surface area contributed by atoms with E-state index in [0.717, 1.165) is 16.8 Å². The molecule has 0 saturated heterocycles. The molecule has 3 aromatic rings. The van der Waals surface area contributed by atoms with E-state index in [2.05, 4.69) is 15.5 Å². The molecule has 2 aromatic heterocycles. The minimum absolute atomic E-state index is 0.0532. The van der Waals surface area contributed by atoms with Gasteiger partial charge in [0.15, 0.2) is 5.69 Å². The standard InChI is InChI=1S/C21H20ClF6N5O/c1-11-18(13(3)33(30-11)10-14-5-4-6-15(9-14)20(23,24)25)29-16(34)7-8-32-12(2)17(22)19(31-32)21(26,27)28/h4-6,9H,7-8,10H2,1-3H3,(H,29,34). The van der Waals surface area contributed by atoms with Crippen LogP contribution in [0.2, 0.25) is 5.02 Å². The molecule has 0 spiro atoms. The second kappa shape index (κ2) is 9.32. The molecule has 0 aliphatic heterocycles. The summed E-state index contributed by atoms with van der Waals surface area (Å²) in [6.45, 7) is 4.56. The molecule has 1 N–H and O–H groups in total. The third-order valence-electron chi connectivity index (χ3n) is 5.19. The van der Waals surface area contributed by atoms with Crippen molar-refractivity contribution in [2.24, 2.45) is 0 Å². The highest BCUT2D eigenvalue weighted by Gasteiger charge is 2.38. The topological polar surface area (TPSA) is 64.7 Å². The SMILES string of the molecule is Cc1nn(Cc2cccc(C(F)(F)F)c2)c(C)c1NC(=O)CCn1nc(C(F)(F)F)c(Cl)c1C. The van der Waals surface area contributed by atoms with Gasteiger partial charge in [0.05, 0.1) is 46.4 Å². The third-order valence-corrected chi connectivity index (χ3v) is 5.64. The summed E-state index contributed by atoms with van der Waals surface area (Å²) in [6, 6.07) is 4.85. The van der Waals surface area contributed by atoms with Crippen molar-refractivity contribution in [1.29, 1.82) is 0 Å². The smallest absolute Gasteiger partial charge is 0.323 e. The van der Waals surface area contributed by atoms with E-state index in [-0.39, 0.29) is 25.2 Å². The van der Waals surface area contributed by atoms with E-state index in [4.69, 9.17) is 11.6 Å². The lowest BCUT2D eigenvalue weighted by Gasteiger charge is -2.10. The normalized spacial score (nSPS) is 12.3. The van der Waals surface area contributed by atoms with Crippen molar-refractivity contribution < 1.29 is 31.1 Å². The molecule has 13 heteroatoms. The Morgan fingerprint density at radius 1 is 1.00 bits per heavy atom. The number of amides is 1. The second-order valence-electron chi connectivity index (χ2n) is 7.67. The van der Waals surface area contributed by atoms with Crippen LogP contribution in [-0.2, 0) is 30.2 Å². The monoisotopic (exact) mass is 507 g/mol. The van der Waals surface area contributed by atoms with Gasteiger partial charge in [-0.2, -0.15) is 36.5 Å². The Morgan fingerprint density at radius 3 is 2.26 bits per heavy atom. The number of halogens is 7. The molecule has 0 unspecified atom stereocenters. The van der Waals surface area contributed by atoms with Crippen LogP contribution in [0.4, 0.5) is 32.0 Å². The number of hydrogen-bond donors (Lipinski definition) is 1. The largest absolute Gasteiger partial charge is 0.436 e. The summed E-state index contributed by atoms with van der Waals surface area (Å²) < 4.78 is 80.2. The molecule has 6 nitrogen and oxygen atoms in total. The van der Waals surface area contributed by atoms with E-state index in [9.17, 15) is 31.1 Å². The number of alkyl halides is 6. The highest BCUT2D eigenvalue weighted by molar-refractivity contribution is 6.31. The zero-order chi connectivity index (χ0) is 25.4. The van der Waals surface area contributed by atoms with E-state index in [0.29, 0.717) is 22.6 Å². The molecule has 1 aromatic carbocycles. The zero-order valence-electron chi connectivity index (χ0n) is 18.3. The van der Waals surface area contributed by atoms with Gasteiger partial charge in [0.2, 0.25) is 5.91 Å². The minimum Gasteiger partial charge on any atom is -0.323 e. The van der Waals surface area contributed by atoms with Crippen LogP contribution in [0.5, 0.6) is 0 Å². The molecule has 0 aliphatic carbocycles. The van der Waals surface area contributed by atoms with Gasteiger partial charge >= 0.3 is 12.4 Å². The summed E-state index contributed by atoms with van der Waals surface area (Å²) in [5, 5.41) is 9.88. The van der Waals surface area contributed by atoms with Gasteiger partial charge in [-0.3, -0.25) is 14.2 Å². The van der Waals surface area contributed by atoms with Gasteiger partial charge in [0.1, 0.15) is 0 Å². The molecule has 3 rings (SSSR count). The van der Waals surface area contributed by atoms with Gasteiger partial charge in [-0.25, -0.2) is 0 Å². The van der Waals surface area contributed by atoms with Gasteiger partial charge in [0.25, 0.3) is 0 Å². The van der Waals surface area contributed by atoms with Crippen LogP contribution in [0.15, 0.2) is 24.3 Å². The van der Waals surface area contributed by atoms with Gasteiger partial charge in [0, 0.05) is 6.42 Å². The van der Waals surface area contributed by atoms with Crippen LogP contribution in [0, 0.1) is 20.8 Å². The summed E-state index contributed by atoms with van der Waals surface area (Å²) >= 11 is 5.71. The van der Waals surface area contributed by atoms with Gasteiger partial charge in [-0.05, 0) is 38.5 Å². The molecule has 184 valence electrons. The molecule has 0 saturated carbocycles. The highest BCUT2D eigenvalue weighted by atomic mass is 35.5. The Bertz CT molecular complexity index is 1210. The number of anilines is 1. The first-order valence-electron chi connectivity index (χ1n) is 9.98. The fourth-order valence-electron chi connectivity index (χ4n) is 3.38. The van der Waals surface area contributed by atoms with Crippen molar-refractivity contribution >= 4 is 23.2 Å². The van der Waals surface area contributed by atoms with Crippen LogP contribution in [0.25, 0.3) is 0 Å². The minimum atomic E-state index is -4.71. The third kappa shape index (κ3) is 5.54. The molecule has 0 fully saturated rings. The number of carbonyl (C=O) groups excluding carboxylic acids is 1. The van der Waals surface area contributed by atoms with Crippen molar-refractivity contribution in [2.45, 2.75) is 52.6 Å². The first kappa shape index (κ1) is 25.6. The molecule has 34 heavy (non-hydrogen) atoms. The lowest BCUT2D eigenvalue weighted by Crippen LogP contribution is -2.17. The van der Waals surface area contributed by atoms with E-state index in [1.807, 2.05) is 0 Å². The van der Waals surface area contributed by atoms with Crippen LogP contribution in [0.3, 0.4) is 0 Å². The number of nitrogens with one attached hydrogen (secondary N) is 1. The molecule has 2 heterocycles. The lowest BCUT2D eigenvalue weighted by atomic mass is 10.1. The molecule has 0 aliphatic rings. The number of rotatable bonds is 6. The quantitative estimate of drug-likeness (QED) is 0.431. The van der Waals surface area contributed by atoms with Crippen molar-refractivity contribution in [1.82, 2.24) is 19.6 Å². The van der Waals surface area contributed by atoms with E-state index < -0.39 is 34.5 Å². The molecule has 1 amide bonds. The van der Waals surface area contributed by atoms with Gasteiger partial charge < -0.3 is 5.32 Å². The average molecular weight is 508 g/mol. The second-order valence-corrected chi connectivity index (χ2v) is 8.05. The van der Waals surface area contributed by atoms with Crippen molar-refractivity contribution in [3.8, 4) is 0 Å². The van der Waals surface area contributed by atoms with Crippen LogP contribution >= 0.6 is 11.6 Å². The maximum atomic E-state index is 13.0. The Morgan fingerprint density at radius 2 is 1.68 bits per heavy atom. The maximum absolute atomic E-state index is 13.0. The average Bonchev–Trinajstić information content (AvgIpc) is 3.16. The summed E-state index contributed by atoms with van der Waals surface area (Å²) in [4.78, 5) is 12.4. The van der Waals surface area contributed by atoms with Crippen molar-refractivity contribution in [2.75, 3.05) is 5.32 Å². The number of aromatic nitrogens is 4. The summed E-state index contributed by atoms with van der Waals surface area (Å²) in [7, 11) is 0. The van der Waals surface area contributed by atoms with Gasteiger partial charge in [-0.15, -0.1) is 0 Å². The zero-order valence-corrected chi connectivity index (χ0v) is 19.0. The first-order valence-corrected chi connectivity index (χ1v) is 10.4. The molecular weight excluding hydrogens is 488 g/mol. The van der Waals surface area contributed by atoms with E-state index in [1.54, 1.807) is 13.8 Å². The molecular formula is C21H20ClF6N5O. The fraction of sp³-hybridized carbons (Fsp3) is 0.381. The Kier molecular flexibility index (Phi) is 7.02. The highest BCUT2D eigenvalue weighted by Crippen LogP contribution is 2.35. The Hall–Kier alpha value is -3.02. The van der Waals surface area contributed by atoms with Crippen LogP contribution in [0.1, 0.15) is 40.3 Å². The number of benzene rings is 1. The Balaban J connectivity index is 1.70. The van der Waals surface area contributed by atoms with E-state index >= 15 is 0 Å². The summed E-state index contributed by atoms with van der Waals surface area (Å²) in [5.74, 6) is -0.496. The van der Waals surface area contributed by atoms with Crippen molar-refractivity contribution in [3.63, 3.8) is 0 Å².